The van der Waals surface area contributed by atoms with Gasteiger partial charge in [-0.3, -0.25) is 9.52 Å². The van der Waals surface area contributed by atoms with Crippen LogP contribution in [0.4, 0.5) is 11.4 Å². The molecule has 0 aliphatic rings. The van der Waals surface area contributed by atoms with Gasteiger partial charge in [-0.25, -0.2) is 8.42 Å². The van der Waals surface area contributed by atoms with Gasteiger partial charge in [-0.2, -0.15) is 0 Å². The lowest BCUT2D eigenvalue weighted by atomic mass is 10.1. The number of nitrogens with one attached hydrogen (secondary N) is 2. The molecular formula is C21H18Cl2N2O4S. The smallest absolute Gasteiger partial charge is 0.261 e. The first-order valence-corrected chi connectivity index (χ1v) is 11.0. The Hall–Kier alpha value is -2.74. The molecule has 3 rings (SSSR count). The first kappa shape index (κ1) is 22.0. The van der Waals surface area contributed by atoms with Crippen molar-refractivity contribution in [2.45, 2.75) is 11.3 Å². The highest BCUT2D eigenvalue weighted by Crippen LogP contribution is 2.25. The highest BCUT2D eigenvalue weighted by molar-refractivity contribution is 7.92. The van der Waals surface area contributed by atoms with Crippen molar-refractivity contribution < 1.29 is 17.9 Å². The van der Waals surface area contributed by atoms with E-state index in [0.29, 0.717) is 21.5 Å². The van der Waals surface area contributed by atoms with E-state index in [0.717, 1.165) is 5.56 Å². The molecule has 0 saturated carbocycles. The standard InChI is InChI=1S/C21H18Cl2N2O4S/c1-29-19-6-2-14(3-7-19)10-21(26)24-17-4-8-20(9-5-17)30(27,28)25-18-12-15(22)11-16(23)13-18/h2-9,11-13,25H,10H2,1H3,(H,24,26). The molecule has 0 saturated heterocycles. The van der Waals surface area contributed by atoms with E-state index in [1.165, 1.54) is 42.5 Å². The maximum absolute atomic E-state index is 12.6. The molecule has 0 aromatic heterocycles. The second-order valence-corrected chi connectivity index (χ2v) is 8.92. The topological polar surface area (TPSA) is 84.5 Å². The molecule has 9 heteroatoms. The summed E-state index contributed by atoms with van der Waals surface area (Å²) in [4.78, 5) is 12.3. The Morgan fingerprint density at radius 3 is 2.07 bits per heavy atom. The zero-order valence-corrected chi connectivity index (χ0v) is 18.2. The minimum absolute atomic E-state index is 0.0340. The molecule has 0 aliphatic carbocycles. The summed E-state index contributed by atoms with van der Waals surface area (Å²) in [7, 11) is -2.26. The highest BCUT2D eigenvalue weighted by atomic mass is 35.5. The van der Waals surface area contributed by atoms with Crippen molar-refractivity contribution in [2.75, 3.05) is 17.1 Å². The van der Waals surface area contributed by atoms with Gasteiger partial charge in [0.05, 0.1) is 24.1 Å². The molecule has 1 amide bonds. The van der Waals surface area contributed by atoms with Crippen molar-refractivity contribution in [3.63, 3.8) is 0 Å². The summed E-state index contributed by atoms with van der Waals surface area (Å²) in [5, 5.41) is 3.37. The molecule has 0 spiro atoms. The van der Waals surface area contributed by atoms with E-state index in [1.807, 2.05) is 12.1 Å². The summed E-state index contributed by atoms with van der Waals surface area (Å²) in [6.45, 7) is 0. The van der Waals surface area contributed by atoms with Crippen LogP contribution in [0.5, 0.6) is 5.75 Å². The van der Waals surface area contributed by atoms with Gasteiger partial charge >= 0.3 is 0 Å². The number of carbonyl (C=O) groups excluding carboxylic acids is 1. The number of ether oxygens (including phenoxy) is 1. The van der Waals surface area contributed by atoms with Crippen molar-refractivity contribution in [3.8, 4) is 5.75 Å². The van der Waals surface area contributed by atoms with E-state index in [2.05, 4.69) is 10.0 Å². The second-order valence-electron chi connectivity index (χ2n) is 6.36. The Balaban J connectivity index is 1.65. The second kappa shape index (κ2) is 9.38. The van der Waals surface area contributed by atoms with Gasteiger partial charge in [-0.15, -0.1) is 0 Å². The van der Waals surface area contributed by atoms with Crippen LogP contribution in [0.3, 0.4) is 0 Å². The molecule has 0 bridgehead atoms. The zero-order valence-electron chi connectivity index (χ0n) is 15.9. The van der Waals surface area contributed by atoms with Gasteiger partial charge in [0, 0.05) is 15.7 Å². The molecule has 156 valence electrons. The van der Waals surface area contributed by atoms with E-state index in [9.17, 15) is 13.2 Å². The monoisotopic (exact) mass is 464 g/mol. The van der Waals surface area contributed by atoms with Crippen LogP contribution in [-0.4, -0.2) is 21.4 Å². The third kappa shape index (κ3) is 5.89. The van der Waals surface area contributed by atoms with E-state index < -0.39 is 10.0 Å². The van der Waals surface area contributed by atoms with E-state index in [1.54, 1.807) is 19.2 Å². The minimum Gasteiger partial charge on any atom is -0.497 e. The molecule has 0 fully saturated rings. The third-order valence-electron chi connectivity index (χ3n) is 4.09. The lowest BCUT2D eigenvalue weighted by Crippen LogP contribution is -2.15. The maximum Gasteiger partial charge on any atom is 0.261 e. The number of carbonyl (C=O) groups is 1. The number of amides is 1. The largest absolute Gasteiger partial charge is 0.497 e. The number of methoxy groups -OCH3 is 1. The molecule has 0 atom stereocenters. The minimum atomic E-state index is -3.84. The number of halogens is 2. The molecule has 30 heavy (non-hydrogen) atoms. The molecule has 3 aromatic carbocycles. The Morgan fingerprint density at radius 2 is 1.50 bits per heavy atom. The van der Waals surface area contributed by atoms with Crippen molar-refractivity contribution >= 4 is 50.5 Å². The SMILES string of the molecule is COc1ccc(CC(=O)Nc2ccc(S(=O)(=O)Nc3cc(Cl)cc(Cl)c3)cc2)cc1. The molecule has 0 aliphatic heterocycles. The fraction of sp³-hybridized carbons (Fsp3) is 0.0952. The van der Waals surface area contributed by atoms with Crippen molar-refractivity contribution in [3.05, 3.63) is 82.3 Å². The number of hydrogen-bond donors (Lipinski definition) is 2. The first-order valence-electron chi connectivity index (χ1n) is 8.77. The first-order chi connectivity index (χ1) is 14.2. The Morgan fingerprint density at radius 1 is 0.900 bits per heavy atom. The molecule has 3 aromatic rings. The van der Waals surface area contributed by atoms with Gasteiger partial charge in [0.25, 0.3) is 10.0 Å². The molecule has 0 unspecified atom stereocenters. The molecule has 2 N–H and O–H groups in total. The summed E-state index contributed by atoms with van der Waals surface area (Å²) in [6.07, 6.45) is 0.182. The summed E-state index contributed by atoms with van der Waals surface area (Å²) >= 11 is 11.8. The van der Waals surface area contributed by atoms with Gasteiger partial charge in [0.2, 0.25) is 5.91 Å². The Labute approximate surface area is 184 Å². The third-order valence-corrected chi connectivity index (χ3v) is 5.92. The average Bonchev–Trinajstić information content (AvgIpc) is 2.67. The lowest BCUT2D eigenvalue weighted by molar-refractivity contribution is -0.115. The quantitative estimate of drug-likeness (QED) is 0.515. The van der Waals surface area contributed by atoms with Gasteiger partial charge in [0.1, 0.15) is 5.75 Å². The Kier molecular flexibility index (Phi) is 6.87. The van der Waals surface area contributed by atoms with Crippen LogP contribution >= 0.6 is 23.2 Å². The summed E-state index contributed by atoms with van der Waals surface area (Å²) in [5.41, 5.74) is 1.57. The summed E-state index contributed by atoms with van der Waals surface area (Å²) < 4.78 is 32.6. The van der Waals surface area contributed by atoms with Crippen LogP contribution in [-0.2, 0) is 21.2 Å². The van der Waals surface area contributed by atoms with Crippen LogP contribution in [0.1, 0.15) is 5.56 Å². The number of sulfonamides is 1. The predicted molar refractivity (Wildman–Crippen MR) is 119 cm³/mol. The number of anilines is 2. The normalized spacial score (nSPS) is 11.0. The number of hydrogen-bond acceptors (Lipinski definition) is 4. The van der Waals surface area contributed by atoms with Crippen molar-refractivity contribution in [2.24, 2.45) is 0 Å². The van der Waals surface area contributed by atoms with Gasteiger partial charge in [-0.1, -0.05) is 35.3 Å². The summed E-state index contributed by atoms with van der Waals surface area (Å²) in [5.74, 6) is 0.493. The van der Waals surface area contributed by atoms with E-state index >= 15 is 0 Å². The Bertz CT molecular complexity index is 1130. The fourth-order valence-corrected chi connectivity index (χ4v) is 4.24. The zero-order chi connectivity index (χ0) is 21.7. The molecule has 6 nitrogen and oxygen atoms in total. The molecule has 0 heterocycles. The molecular weight excluding hydrogens is 447 g/mol. The van der Waals surface area contributed by atoms with Crippen LogP contribution in [0.25, 0.3) is 0 Å². The van der Waals surface area contributed by atoms with Gasteiger partial charge in [-0.05, 0) is 60.2 Å². The number of rotatable bonds is 7. The van der Waals surface area contributed by atoms with E-state index in [-0.39, 0.29) is 22.9 Å². The predicted octanol–water partition coefficient (Wildman–Crippen LogP) is 4.98. The average molecular weight is 465 g/mol. The van der Waals surface area contributed by atoms with Crippen LogP contribution in [0, 0.1) is 0 Å². The van der Waals surface area contributed by atoms with Gasteiger partial charge in [0.15, 0.2) is 0 Å². The fourth-order valence-electron chi connectivity index (χ4n) is 2.68. The lowest BCUT2D eigenvalue weighted by Gasteiger charge is -2.10. The van der Waals surface area contributed by atoms with Crippen molar-refractivity contribution in [1.29, 1.82) is 0 Å². The van der Waals surface area contributed by atoms with E-state index in [4.69, 9.17) is 27.9 Å². The highest BCUT2D eigenvalue weighted by Gasteiger charge is 2.15. The van der Waals surface area contributed by atoms with Crippen LogP contribution in [0.2, 0.25) is 10.0 Å². The van der Waals surface area contributed by atoms with Crippen molar-refractivity contribution in [1.82, 2.24) is 0 Å². The summed E-state index contributed by atoms with van der Waals surface area (Å²) in [6, 6.07) is 17.4. The van der Waals surface area contributed by atoms with Gasteiger partial charge < -0.3 is 10.1 Å². The number of benzene rings is 3. The van der Waals surface area contributed by atoms with Crippen LogP contribution < -0.4 is 14.8 Å². The molecule has 0 radical (unpaired) electrons. The maximum atomic E-state index is 12.6. The van der Waals surface area contributed by atoms with Crippen LogP contribution in [0.15, 0.2) is 71.6 Å².